The molecule has 0 aliphatic rings. The van der Waals surface area contributed by atoms with Gasteiger partial charge in [0.05, 0.1) is 12.7 Å². The fourth-order valence-electron chi connectivity index (χ4n) is 1.45. The quantitative estimate of drug-likeness (QED) is 0.897. The summed E-state index contributed by atoms with van der Waals surface area (Å²) in [6.07, 6.45) is 0. The van der Waals surface area contributed by atoms with Gasteiger partial charge < -0.3 is 9.84 Å². The first-order valence-electron chi connectivity index (χ1n) is 4.17. The monoisotopic (exact) mass is 336 g/mol. The number of methoxy groups -OCH3 is 1. The molecular formula is C10H10Br2O3. The summed E-state index contributed by atoms with van der Waals surface area (Å²) in [6.45, 7) is 3.63. The zero-order valence-corrected chi connectivity index (χ0v) is 11.7. The van der Waals surface area contributed by atoms with Gasteiger partial charge in [-0.25, -0.2) is 4.79 Å². The lowest BCUT2D eigenvalue weighted by Crippen LogP contribution is -2.04. The number of hydrogen-bond acceptors (Lipinski definition) is 2. The van der Waals surface area contributed by atoms with Crippen LogP contribution in [-0.4, -0.2) is 18.2 Å². The van der Waals surface area contributed by atoms with Crippen molar-refractivity contribution in [2.75, 3.05) is 7.11 Å². The van der Waals surface area contributed by atoms with Crippen LogP contribution in [0.3, 0.4) is 0 Å². The van der Waals surface area contributed by atoms with E-state index in [1.54, 1.807) is 7.11 Å². The van der Waals surface area contributed by atoms with E-state index in [2.05, 4.69) is 31.9 Å². The average Bonchev–Trinajstić information content (AvgIpc) is 2.16. The van der Waals surface area contributed by atoms with Crippen LogP contribution in [0.1, 0.15) is 21.5 Å². The van der Waals surface area contributed by atoms with Crippen LogP contribution >= 0.6 is 31.9 Å². The van der Waals surface area contributed by atoms with E-state index >= 15 is 0 Å². The van der Waals surface area contributed by atoms with Gasteiger partial charge in [-0.2, -0.15) is 0 Å². The molecule has 5 heteroatoms. The minimum atomic E-state index is -0.970. The fourth-order valence-corrected chi connectivity index (χ4v) is 2.81. The van der Waals surface area contributed by atoms with Gasteiger partial charge in [-0.15, -0.1) is 0 Å². The number of ether oxygens (including phenoxy) is 1. The molecule has 0 aliphatic carbocycles. The van der Waals surface area contributed by atoms with E-state index in [1.807, 2.05) is 13.8 Å². The maximum atomic E-state index is 11.0. The third kappa shape index (κ3) is 2.03. The van der Waals surface area contributed by atoms with Gasteiger partial charge in [0.1, 0.15) is 5.75 Å². The summed E-state index contributed by atoms with van der Waals surface area (Å²) in [4.78, 5) is 11.0. The minimum absolute atomic E-state index is 0.228. The Morgan fingerprint density at radius 3 is 1.87 bits per heavy atom. The van der Waals surface area contributed by atoms with Crippen LogP contribution in [0.4, 0.5) is 0 Å². The molecule has 0 amide bonds. The van der Waals surface area contributed by atoms with Crippen molar-refractivity contribution in [3.05, 3.63) is 25.6 Å². The molecular weight excluding hydrogens is 328 g/mol. The molecule has 0 saturated carbocycles. The summed E-state index contributed by atoms with van der Waals surface area (Å²) in [5, 5.41) is 9.06. The molecule has 15 heavy (non-hydrogen) atoms. The first kappa shape index (κ1) is 12.5. The first-order valence-corrected chi connectivity index (χ1v) is 5.75. The molecule has 0 bridgehead atoms. The molecule has 0 unspecified atom stereocenters. The molecule has 1 rings (SSSR count). The minimum Gasteiger partial charge on any atom is -0.496 e. The predicted octanol–water partition coefficient (Wildman–Crippen LogP) is 3.54. The van der Waals surface area contributed by atoms with Crippen molar-refractivity contribution < 1.29 is 14.6 Å². The van der Waals surface area contributed by atoms with Crippen LogP contribution in [-0.2, 0) is 0 Å². The third-order valence-corrected chi connectivity index (χ3v) is 4.18. The molecule has 0 aromatic heterocycles. The Bertz CT molecular complexity index is 398. The highest BCUT2D eigenvalue weighted by Crippen LogP contribution is 2.39. The summed E-state index contributed by atoms with van der Waals surface area (Å²) in [5.41, 5.74) is 1.80. The summed E-state index contributed by atoms with van der Waals surface area (Å²) in [6, 6.07) is 0. The predicted molar refractivity (Wildman–Crippen MR) is 64.8 cm³/mol. The molecule has 0 fully saturated rings. The van der Waals surface area contributed by atoms with Gasteiger partial charge in [0.15, 0.2) is 0 Å². The topological polar surface area (TPSA) is 46.5 Å². The van der Waals surface area contributed by atoms with E-state index in [-0.39, 0.29) is 5.56 Å². The second-order valence-electron chi connectivity index (χ2n) is 3.09. The van der Waals surface area contributed by atoms with E-state index in [9.17, 15) is 4.79 Å². The fraction of sp³-hybridized carbons (Fsp3) is 0.300. The number of carboxylic acid groups (broad SMARTS) is 1. The number of rotatable bonds is 2. The summed E-state index contributed by atoms with van der Waals surface area (Å²) < 4.78 is 6.31. The molecule has 0 saturated heterocycles. The standard InChI is InChI=1S/C10H10Br2O3/c1-4-7(11)6(10(13)14)8(12)5(2)9(4)15-3/h1-3H3,(H,13,14). The highest BCUT2D eigenvalue weighted by atomic mass is 79.9. The summed E-state index contributed by atoms with van der Waals surface area (Å²) >= 11 is 6.53. The van der Waals surface area contributed by atoms with Gasteiger partial charge in [0.2, 0.25) is 0 Å². The molecule has 0 atom stereocenters. The smallest absolute Gasteiger partial charge is 0.338 e. The van der Waals surface area contributed by atoms with Crippen LogP contribution in [0.15, 0.2) is 8.95 Å². The molecule has 0 radical (unpaired) electrons. The van der Waals surface area contributed by atoms with E-state index < -0.39 is 5.97 Å². The largest absolute Gasteiger partial charge is 0.496 e. The van der Waals surface area contributed by atoms with Crippen molar-refractivity contribution in [2.45, 2.75) is 13.8 Å². The number of hydrogen-bond donors (Lipinski definition) is 1. The van der Waals surface area contributed by atoms with Gasteiger partial charge in [-0.3, -0.25) is 0 Å². The Morgan fingerprint density at radius 1 is 1.20 bits per heavy atom. The number of benzene rings is 1. The van der Waals surface area contributed by atoms with Crippen molar-refractivity contribution in [2.24, 2.45) is 0 Å². The van der Waals surface area contributed by atoms with Gasteiger partial charge in [0, 0.05) is 20.1 Å². The van der Waals surface area contributed by atoms with Gasteiger partial charge >= 0.3 is 5.97 Å². The number of halogens is 2. The maximum Gasteiger partial charge on any atom is 0.338 e. The third-order valence-electron chi connectivity index (χ3n) is 2.20. The van der Waals surface area contributed by atoms with Crippen molar-refractivity contribution in [3.63, 3.8) is 0 Å². The van der Waals surface area contributed by atoms with E-state index in [0.717, 1.165) is 11.1 Å². The van der Waals surface area contributed by atoms with E-state index in [0.29, 0.717) is 14.7 Å². The van der Waals surface area contributed by atoms with E-state index in [4.69, 9.17) is 9.84 Å². The number of carbonyl (C=O) groups is 1. The molecule has 1 aromatic carbocycles. The highest BCUT2D eigenvalue weighted by molar-refractivity contribution is 9.11. The zero-order valence-electron chi connectivity index (χ0n) is 8.52. The highest BCUT2D eigenvalue weighted by Gasteiger charge is 2.21. The average molecular weight is 338 g/mol. The zero-order chi connectivity index (χ0) is 11.7. The number of aromatic carboxylic acids is 1. The SMILES string of the molecule is COc1c(C)c(Br)c(C(=O)O)c(Br)c1C. The van der Waals surface area contributed by atoms with Crippen LogP contribution in [0, 0.1) is 13.8 Å². The second-order valence-corrected chi connectivity index (χ2v) is 4.68. The van der Waals surface area contributed by atoms with Gasteiger partial charge in [-0.1, -0.05) is 0 Å². The molecule has 82 valence electrons. The van der Waals surface area contributed by atoms with Crippen LogP contribution < -0.4 is 4.74 Å². The summed E-state index contributed by atoms with van der Waals surface area (Å²) in [5.74, 6) is -0.277. The maximum absolute atomic E-state index is 11.0. The summed E-state index contributed by atoms with van der Waals surface area (Å²) in [7, 11) is 1.56. The molecule has 1 N–H and O–H groups in total. The lowest BCUT2D eigenvalue weighted by atomic mass is 10.1. The molecule has 3 nitrogen and oxygen atoms in total. The Kier molecular flexibility index (Phi) is 3.78. The van der Waals surface area contributed by atoms with Crippen LogP contribution in [0.2, 0.25) is 0 Å². The number of carboxylic acids is 1. The van der Waals surface area contributed by atoms with Crippen LogP contribution in [0.5, 0.6) is 5.75 Å². The molecule has 1 aromatic rings. The Balaban J connectivity index is 3.66. The van der Waals surface area contributed by atoms with Gasteiger partial charge in [0.25, 0.3) is 0 Å². The van der Waals surface area contributed by atoms with Crippen molar-refractivity contribution >= 4 is 37.8 Å². The van der Waals surface area contributed by atoms with Crippen molar-refractivity contribution in [1.82, 2.24) is 0 Å². The Labute approximate surface area is 105 Å². The van der Waals surface area contributed by atoms with Gasteiger partial charge in [-0.05, 0) is 45.7 Å². The first-order chi connectivity index (χ1) is 6.91. The van der Waals surface area contributed by atoms with Crippen LogP contribution in [0.25, 0.3) is 0 Å². The van der Waals surface area contributed by atoms with Crippen molar-refractivity contribution in [3.8, 4) is 5.75 Å². The Morgan fingerprint density at radius 2 is 1.60 bits per heavy atom. The molecule has 0 aliphatic heterocycles. The normalized spacial score (nSPS) is 10.2. The lowest BCUT2D eigenvalue weighted by molar-refractivity contribution is 0.0694. The Hall–Kier alpha value is -0.550. The molecule has 0 spiro atoms. The molecule has 0 heterocycles. The lowest BCUT2D eigenvalue weighted by Gasteiger charge is -2.14. The van der Waals surface area contributed by atoms with Crippen molar-refractivity contribution in [1.29, 1.82) is 0 Å². The van der Waals surface area contributed by atoms with E-state index in [1.165, 1.54) is 0 Å². The second kappa shape index (κ2) is 4.53.